The van der Waals surface area contributed by atoms with Gasteiger partial charge in [0.25, 0.3) is 0 Å². The highest BCUT2D eigenvalue weighted by Gasteiger charge is 2.22. The SMILES string of the molecule is c1ccc2cc(-c3c4cc(-n5c6ccccc6c6ccccc65)ccc4c(-c4cccc5ccccc45)c4cc(-n5c6ccccc6c6ccccc65)ccc34)ccc2c1. The summed E-state index contributed by atoms with van der Waals surface area (Å²) in [6.07, 6.45) is 0. The molecule has 0 spiro atoms. The molecule has 60 heavy (non-hydrogen) atoms. The van der Waals surface area contributed by atoms with Gasteiger partial charge in [-0.05, 0) is 120 Å². The van der Waals surface area contributed by atoms with Gasteiger partial charge < -0.3 is 9.13 Å². The minimum atomic E-state index is 1.15. The molecule has 0 atom stereocenters. The van der Waals surface area contributed by atoms with E-state index in [1.165, 1.54) is 109 Å². The molecule has 13 aromatic rings. The molecule has 0 unspecified atom stereocenters. The first kappa shape index (κ1) is 33.1. The Labute approximate surface area is 346 Å². The van der Waals surface area contributed by atoms with Gasteiger partial charge in [0.15, 0.2) is 0 Å². The van der Waals surface area contributed by atoms with Crippen molar-refractivity contribution >= 4 is 86.7 Å². The number of hydrogen-bond donors (Lipinski definition) is 0. The van der Waals surface area contributed by atoms with Gasteiger partial charge in [-0.2, -0.15) is 0 Å². The lowest BCUT2D eigenvalue weighted by Crippen LogP contribution is -1.98. The summed E-state index contributed by atoms with van der Waals surface area (Å²) in [5.74, 6) is 0. The Morgan fingerprint density at radius 2 is 0.667 bits per heavy atom. The van der Waals surface area contributed by atoms with Crippen LogP contribution in [0.25, 0.3) is 120 Å². The van der Waals surface area contributed by atoms with Crippen molar-refractivity contribution in [1.29, 1.82) is 0 Å². The van der Waals surface area contributed by atoms with Crippen LogP contribution in [0.5, 0.6) is 0 Å². The van der Waals surface area contributed by atoms with Gasteiger partial charge in [0, 0.05) is 32.9 Å². The fourth-order valence-corrected chi connectivity index (χ4v) is 10.3. The van der Waals surface area contributed by atoms with E-state index in [9.17, 15) is 0 Å². The molecule has 0 saturated carbocycles. The predicted octanol–water partition coefficient (Wildman–Crippen LogP) is 15.8. The lowest BCUT2D eigenvalue weighted by Gasteiger charge is -2.21. The van der Waals surface area contributed by atoms with Crippen LogP contribution in [0.3, 0.4) is 0 Å². The molecule has 0 aliphatic carbocycles. The zero-order valence-electron chi connectivity index (χ0n) is 32.7. The van der Waals surface area contributed by atoms with E-state index in [4.69, 9.17) is 0 Å². The summed E-state index contributed by atoms with van der Waals surface area (Å²) in [5.41, 5.74) is 12.0. The van der Waals surface area contributed by atoms with Crippen molar-refractivity contribution in [1.82, 2.24) is 9.13 Å². The van der Waals surface area contributed by atoms with Crippen molar-refractivity contribution in [3.63, 3.8) is 0 Å². The first-order valence-corrected chi connectivity index (χ1v) is 20.8. The Kier molecular flexibility index (Phi) is 7.05. The topological polar surface area (TPSA) is 9.86 Å². The fourth-order valence-electron chi connectivity index (χ4n) is 10.3. The summed E-state index contributed by atoms with van der Waals surface area (Å²) in [7, 11) is 0. The Morgan fingerprint density at radius 1 is 0.233 bits per heavy atom. The van der Waals surface area contributed by atoms with Gasteiger partial charge >= 0.3 is 0 Å². The standard InChI is InChI=1S/C58H36N2/c1-2-16-39-34-40(29-28-37(39)14-1)57-49-32-30-42(60-55-26-11-7-21-46(55)47-22-8-12-27-56(47)60)36-52(49)58(48-23-13-17-38-15-3-4-18-43(38)48)50-33-31-41(35-51(50)57)59-53-24-9-5-19-44(53)45-20-6-10-25-54(45)59/h1-36H. The zero-order chi connectivity index (χ0) is 39.3. The van der Waals surface area contributed by atoms with Crippen molar-refractivity contribution in [2.45, 2.75) is 0 Å². The minimum Gasteiger partial charge on any atom is -0.309 e. The molecule has 0 aliphatic rings. The van der Waals surface area contributed by atoms with Gasteiger partial charge in [-0.3, -0.25) is 0 Å². The first-order valence-electron chi connectivity index (χ1n) is 20.8. The van der Waals surface area contributed by atoms with E-state index in [1.807, 2.05) is 0 Å². The smallest absolute Gasteiger partial charge is 0.0541 e. The number of fused-ring (bicyclic) bond motifs is 10. The molecule has 278 valence electrons. The summed E-state index contributed by atoms with van der Waals surface area (Å²) in [6, 6.07) is 80.8. The van der Waals surface area contributed by atoms with Gasteiger partial charge in [-0.25, -0.2) is 0 Å². The monoisotopic (exact) mass is 760 g/mol. The Balaban J connectivity index is 1.21. The Bertz CT molecular complexity index is 3790. The summed E-state index contributed by atoms with van der Waals surface area (Å²) in [4.78, 5) is 0. The summed E-state index contributed by atoms with van der Waals surface area (Å²) in [6.45, 7) is 0. The number of benzene rings is 11. The van der Waals surface area contributed by atoms with Crippen molar-refractivity contribution < 1.29 is 0 Å². The quantitative estimate of drug-likeness (QED) is 0.158. The fraction of sp³-hybridized carbons (Fsp3) is 0. The van der Waals surface area contributed by atoms with Crippen molar-refractivity contribution in [3.8, 4) is 33.6 Å². The van der Waals surface area contributed by atoms with Crippen LogP contribution in [-0.4, -0.2) is 9.13 Å². The molecule has 2 heteroatoms. The van der Waals surface area contributed by atoms with E-state index in [0.29, 0.717) is 0 Å². The average Bonchev–Trinajstić information content (AvgIpc) is 3.83. The van der Waals surface area contributed by atoms with Crippen LogP contribution in [0.4, 0.5) is 0 Å². The molecule has 0 radical (unpaired) electrons. The Morgan fingerprint density at radius 3 is 1.23 bits per heavy atom. The number of hydrogen-bond acceptors (Lipinski definition) is 0. The van der Waals surface area contributed by atoms with Crippen molar-refractivity contribution in [3.05, 3.63) is 218 Å². The largest absolute Gasteiger partial charge is 0.309 e. The van der Waals surface area contributed by atoms with Gasteiger partial charge in [0.1, 0.15) is 0 Å². The lowest BCUT2D eigenvalue weighted by atomic mass is 9.84. The predicted molar refractivity (Wildman–Crippen MR) is 256 cm³/mol. The molecule has 2 heterocycles. The molecule has 0 fully saturated rings. The van der Waals surface area contributed by atoms with Crippen LogP contribution in [0.1, 0.15) is 0 Å². The highest BCUT2D eigenvalue weighted by atomic mass is 15.0. The molecular formula is C58H36N2. The van der Waals surface area contributed by atoms with Gasteiger partial charge in [0.05, 0.1) is 22.1 Å². The zero-order valence-corrected chi connectivity index (χ0v) is 32.7. The maximum atomic E-state index is 2.45. The van der Waals surface area contributed by atoms with E-state index < -0.39 is 0 Å². The van der Waals surface area contributed by atoms with Crippen LogP contribution >= 0.6 is 0 Å². The third-order valence-corrected chi connectivity index (χ3v) is 12.9. The summed E-state index contributed by atoms with van der Waals surface area (Å²) < 4.78 is 4.89. The molecule has 0 aliphatic heterocycles. The van der Waals surface area contributed by atoms with E-state index in [-0.39, 0.29) is 0 Å². The molecular weight excluding hydrogens is 725 g/mol. The second-order valence-electron chi connectivity index (χ2n) is 16.0. The summed E-state index contributed by atoms with van der Waals surface area (Å²) in [5, 5.41) is 14.9. The van der Waals surface area contributed by atoms with E-state index in [1.54, 1.807) is 0 Å². The van der Waals surface area contributed by atoms with Crippen LogP contribution in [-0.2, 0) is 0 Å². The maximum absolute atomic E-state index is 2.45. The molecule has 0 saturated heterocycles. The van der Waals surface area contributed by atoms with Crippen LogP contribution in [0.15, 0.2) is 218 Å². The second kappa shape index (κ2) is 12.8. The first-order chi connectivity index (χ1) is 29.8. The maximum Gasteiger partial charge on any atom is 0.0541 e. The summed E-state index contributed by atoms with van der Waals surface area (Å²) >= 11 is 0. The lowest BCUT2D eigenvalue weighted by molar-refractivity contribution is 1.18. The molecule has 2 aromatic heterocycles. The molecule has 0 N–H and O–H groups in total. The second-order valence-corrected chi connectivity index (χ2v) is 16.0. The number of aromatic nitrogens is 2. The third-order valence-electron chi connectivity index (χ3n) is 12.9. The molecule has 2 nitrogen and oxygen atoms in total. The highest BCUT2D eigenvalue weighted by molar-refractivity contribution is 6.25. The Hall–Kier alpha value is -7.94. The van der Waals surface area contributed by atoms with Gasteiger partial charge in [-0.1, -0.05) is 164 Å². The normalized spacial score (nSPS) is 12.0. The third kappa shape index (κ3) is 4.76. The number of rotatable bonds is 4. The molecule has 0 amide bonds. The van der Waals surface area contributed by atoms with Crippen molar-refractivity contribution in [2.24, 2.45) is 0 Å². The van der Waals surface area contributed by atoms with Crippen LogP contribution < -0.4 is 0 Å². The highest BCUT2D eigenvalue weighted by Crippen LogP contribution is 2.48. The average molecular weight is 761 g/mol. The van der Waals surface area contributed by atoms with E-state index in [2.05, 4.69) is 228 Å². The van der Waals surface area contributed by atoms with Crippen molar-refractivity contribution in [2.75, 3.05) is 0 Å². The number of para-hydroxylation sites is 4. The minimum absolute atomic E-state index is 1.15. The van der Waals surface area contributed by atoms with E-state index >= 15 is 0 Å². The van der Waals surface area contributed by atoms with Crippen LogP contribution in [0, 0.1) is 0 Å². The van der Waals surface area contributed by atoms with Gasteiger partial charge in [0.2, 0.25) is 0 Å². The molecule has 13 rings (SSSR count). The molecule has 0 bridgehead atoms. The van der Waals surface area contributed by atoms with E-state index in [0.717, 1.165) is 11.4 Å². The molecule has 11 aromatic carbocycles. The van der Waals surface area contributed by atoms with Crippen LogP contribution in [0.2, 0.25) is 0 Å². The number of nitrogens with zero attached hydrogens (tertiary/aromatic N) is 2. The van der Waals surface area contributed by atoms with Gasteiger partial charge in [-0.15, -0.1) is 0 Å².